The molecule has 0 atom stereocenters. The van der Waals surface area contributed by atoms with E-state index in [1.807, 2.05) is 18.2 Å². The molecule has 6 heteroatoms. The molecule has 24 heavy (non-hydrogen) atoms. The Morgan fingerprint density at radius 3 is 2.46 bits per heavy atom. The zero-order valence-electron chi connectivity index (χ0n) is 13.3. The van der Waals surface area contributed by atoms with Crippen LogP contribution in [0.5, 0.6) is 5.75 Å². The number of rotatable bonds is 4. The standard InChI is InChI=1S/C18H20ClN3O2/c19-14-5-7-15(8-6-14)20-18(24)13-21-9-11-22(12-10-21)16-3-1-2-4-17(16)23/h1-8,23H,9-13H2,(H,20,24)/p+1. The highest BCUT2D eigenvalue weighted by Crippen LogP contribution is 2.25. The SMILES string of the molecule is O=C(C[NH+]1CCN(c2ccccc2O)CC1)Nc1ccc(Cl)cc1. The number of hydrogen-bond donors (Lipinski definition) is 3. The predicted molar refractivity (Wildman–Crippen MR) is 96.0 cm³/mol. The number of quaternary nitrogens is 1. The van der Waals surface area contributed by atoms with Gasteiger partial charge in [0.2, 0.25) is 0 Å². The first-order valence-corrected chi connectivity index (χ1v) is 8.41. The third kappa shape index (κ3) is 4.19. The summed E-state index contributed by atoms with van der Waals surface area (Å²) >= 11 is 5.84. The fraction of sp³-hybridized carbons (Fsp3) is 0.278. The number of amides is 1. The number of carbonyl (C=O) groups is 1. The molecule has 0 saturated carbocycles. The second-order valence-electron chi connectivity index (χ2n) is 5.96. The molecule has 5 nitrogen and oxygen atoms in total. The second kappa shape index (κ2) is 7.55. The van der Waals surface area contributed by atoms with Crippen molar-refractivity contribution in [1.29, 1.82) is 0 Å². The van der Waals surface area contributed by atoms with Gasteiger partial charge in [-0.3, -0.25) is 4.79 Å². The molecule has 0 aliphatic carbocycles. The highest BCUT2D eigenvalue weighted by Gasteiger charge is 2.23. The monoisotopic (exact) mass is 346 g/mol. The van der Waals surface area contributed by atoms with Crippen LogP contribution in [0.25, 0.3) is 0 Å². The van der Waals surface area contributed by atoms with Crippen LogP contribution in [0.2, 0.25) is 5.02 Å². The van der Waals surface area contributed by atoms with Crippen molar-refractivity contribution in [3.63, 3.8) is 0 Å². The van der Waals surface area contributed by atoms with E-state index in [2.05, 4.69) is 10.2 Å². The molecule has 2 aromatic carbocycles. The molecule has 3 N–H and O–H groups in total. The van der Waals surface area contributed by atoms with Crippen LogP contribution in [0.1, 0.15) is 0 Å². The van der Waals surface area contributed by atoms with E-state index in [4.69, 9.17) is 11.6 Å². The van der Waals surface area contributed by atoms with Gasteiger partial charge < -0.3 is 20.2 Å². The summed E-state index contributed by atoms with van der Waals surface area (Å²) in [6, 6.07) is 14.5. The molecule has 1 heterocycles. The Hall–Kier alpha value is -2.24. The van der Waals surface area contributed by atoms with Crippen LogP contribution in [0, 0.1) is 0 Å². The van der Waals surface area contributed by atoms with Crippen molar-refractivity contribution < 1.29 is 14.8 Å². The van der Waals surface area contributed by atoms with Crippen molar-refractivity contribution in [2.45, 2.75) is 0 Å². The minimum absolute atomic E-state index is 0.00308. The number of piperazine rings is 1. The van der Waals surface area contributed by atoms with Gasteiger partial charge in [0.25, 0.3) is 5.91 Å². The molecule has 0 radical (unpaired) electrons. The summed E-state index contributed by atoms with van der Waals surface area (Å²) in [7, 11) is 0. The van der Waals surface area contributed by atoms with E-state index in [1.165, 1.54) is 4.90 Å². The van der Waals surface area contributed by atoms with Crippen LogP contribution in [-0.4, -0.2) is 43.7 Å². The Kier molecular flexibility index (Phi) is 5.23. The van der Waals surface area contributed by atoms with E-state index >= 15 is 0 Å². The zero-order valence-corrected chi connectivity index (χ0v) is 14.1. The van der Waals surface area contributed by atoms with Crippen LogP contribution in [0.4, 0.5) is 11.4 Å². The summed E-state index contributed by atoms with van der Waals surface area (Å²) in [5.74, 6) is 0.310. The molecule has 0 bridgehead atoms. The molecule has 1 fully saturated rings. The zero-order chi connectivity index (χ0) is 16.9. The van der Waals surface area contributed by atoms with E-state index in [1.54, 1.807) is 30.3 Å². The molecule has 0 spiro atoms. The van der Waals surface area contributed by atoms with Crippen LogP contribution in [0.15, 0.2) is 48.5 Å². The van der Waals surface area contributed by atoms with E-state index in [9.17, 15) is 9.90 Å². The summed E-state index contributed by atoms with van der Waals surface area (Å²) in [6.07, 6.45) is 0. The fourth-order valence-electron chi connectivity index (χ4n) is 2.94. The number of phenolic OH excluding ortho intramolecular Hbond substituents is 1. The van der Waals surface area contributed by atoms with E-state index in [0.29, 0.717) is 17.3 Å². The minimum Gasteiger partial charge on any atom is -0.506 e. The van der Waals surface area contributed by atoms with Gasteiger partial charge in [0.15, 0.2) is 6.54 Å². The van der Waals surface area contributed by atoms with Crippen molar-refractivity contribution in [3.8, 4) is 5.75 Å². The molecule has 1 aliphatic heterocycles. The summed E-state index contributed by atoms with van der Waals surface area (Å²) in [4.78, 5) is 15.6. The first-order chi connectivity index (χ1) is 11.6. The van der Waals surface area contributed by atoms with Gasteiger partial charge in [0.1, 0.15) is 5.75 Å². The highest BCUT2D eigenvalue weighted by atomic mass is 35.5. The Balaban J connectivity index is 1.49. The van der Waals surface area contributed by atoms with Crippen molar-refractivity contribution in [2.75, 3.05) is 42.9 Å². The third-order valence-corrected chi connectivity index (χ3v) is 4.48. The van der Waals surface area contributed by atoms with Gasteiger partial charge in [-0.2, -0.15) is 0 Å². The highest BCUT2D eigenvalue weighted by molar-refractivity contribution is 6.30. The smallest absolute Gasteiger partial charge is 0.279 e. The predicted octanol–water partition coefficient (Wildman–Crippen LogP) is 1.39. The third-order valence-electron chi connectivity index (χ3n) is 4.23. The number of nitrogens with one attached hydrogen (secondary N) is 2. The number of carbonyl (C=O) groups excluding carboxylic acids is 1. The van der Waals surface area contributed by atoms with Gasteiger partial charge in [0, 0.05) is 10.7 Å². The lowest BCUT2D eigenvalue weighted by Gasteiger charge is -2.33. The van der Waals surface area contributed by atoms with Crippen molar-refractivity contribution in [2.24, 2.45) is 0 Å². The lowest BCUT2D eigenvalue weighted by Crippen LogP contribution is -3.15. The largest absolute Gasteiger partial charge is 0.506 e. The summed E-state index contributed by atoms with van der Waals surface area (Å²) in [5.41, 5.74) is 1.62. The molecule has 2 aromatic rings. The molecular formula is C18H21ClN3O2+. The summed E-state index contributed by atoms with van der Waals surface area (Å²) in [6.45, 7) is 3.81. The van der Waals surface area contributed by atoms with Gasteiger partial charge in [-0.05, 0) is 36.4 Å². The van der Waals surface area contributed by atoms with Crippen molar-refractivity contribution in [3.05, 3.63) is 53.6 Å². The molecule has 0 aromatic heterocycles. The molecule has 1 amide bonds. The molecule has 126 valence electrons. The fourth-order valence-corrected chi connectivity index (χ4v) is 3.06. The average molecular weight is 347 g/mol. The summed E-state index contributed by atoms with van der Waals surface area (Å²) in [5, 5.41) is 13.5. The summed E-state index contributed by atoms with van der Waals surface area (Å²) < 4.78 is 0. The van der Waals surface area contributed by atoms with Crippen LogP contribution < -0.4 is 15.1 Å². The number of aromatic hydroxyl groups is 1. The molecule has 0 unspecified atom stereocenters. The van der Waals surface area contributed by atoms with Gasteiger partial charge in [0.05, 0.1) is 31.9 Å². The number of phenols is 1. The van der Waals surface area contributed by atoms with Gasteiger partial charge in [-0.25, -0.2) is 0 Å². The van der Waals surface area contributed by atoms with E-state index in [-0.39, 0.29) is 5.91 Å². The lowest BCUT2D eigenvalue weighted by molar-refractivity contribution is -0.892. The molecule has 1 aliphatic rings. The quantitative estimate of drug-likeness (QED) is 0.784. The van der Waals surface area contributed by atoms with Crippen LogP contribution in [-0.2, 0) is 4.79 Å². The number of benzene rings is 2. The maximum Gasteiger partial charge on any atom is 0.279 e. The van der Waals surface area contributed by atoms with E-state index in [0.717, 1.165) is 37.6 Å². The average Bonchev–Trinajstić information content (AvgIpc) is 2.58. The maximum absolute atomic E-state index is 12.2. The Bertz CT molecular complexity index is 698. The lowest BCUT2D eigenvalue weighted by atomic mass is 10.2. The Morgan fingerprint density at radius 1 is 1.12 bits per heavy atom. The number of anilines is 2. The normalized spacial score (nSPS) is 15.3. The number of nitrogens with zero attached hydrogens (tertiary/aromatic N) is 1. The molecular weight excluding hydrogens is 326 g/mol. The molecule has 1 saturated heterocycles. The van der Waals surface area contributed by atoms with Crippen molar-refractivity contribution in [1.82, 2.24) is 0 Å². The number of hydrogen-bond acceptors (Lipinski definition) is 3. The second-order valence-corrected chi connectivity index (χ2v) is 6.39. The number of halogens is 1. The Morgan fingerprint density at radius 2 is 1.79 bits per heavy atom. The maximum atomic E-state index is 12.2. The number of para-hydroxylation sites is 2. The Labute approximate surface area is 146 Å². The topological polar surface area (TPSA) is 57.0 Å². The van der Waals surface area contributed by atoms with Crippen LogP contribution >= 0.6 is 11.6 Å². The van der Waals surface area contributed by atoms with Crippen LogP contribution in [0.3, 0.4) is 0 Å². The molecule has 3 rings (SSSR count). The van der Waals surface area contributed by atoms with Gasteiger partial charge in [-0.1, -0.05) is 23.7 Å². The minimum atomic E-state index is 0.00308. The first-order valence-electron chi connectivity index (χ1n) is 8.04. The first kappa shape index (κ1) is 16.6. The van der Waals surface area contributed by atoms with E-state index < -0.39 is 0 Å². The van der Waals surface area contributed by atoms with Crippen molar-refractivity contribution >= 4 is 28.9 Å². The van der Waals surface area contributed by atoms with Gasteiger partial charge >= 0.3 is 0 Å². The van der Waals surface area contributed by atoms with Gasteiger partial charge in [-0.15, -0.1) is 0 Å².